The summed E-state index contributed by atoms with van der Waals surface area (Å²) in [5, 5.41) is 8.44. The van der Waals surface area contributed by atoms with Gasteiger partial charge in [0.2, 0.25) is 0 Å². The molecule has 0 bridgehead atoms. The number of aromatic amines is 1. The number of nitrogens with zero attached hydrogens (tertiary/aromatic N) is 1. The fourth-order valence-corrected chi connectivity index (χ4v) is 2.59. The van der Waals surface area contributed by atoms with E-state index >= 15 is 0 Å². The lowest BCUT2D eigenvalue weighted by molar-refractivity contribution is -0.124. The molecule has 5 heteroatoms. The molecule has 1 aromatic heterocycles. The van der Waals surface area contributed by atoms with E-state index in [2.05, 4.69) is 22.1 Å². The van der Waals surface area contributed by atoms with E-state index in [0.717, 1.165) is 41.7 Å². The summed E-state index contributed by atoms with van der Waals surface area (Å²) in [7, 11) is 0. The first-order valence-electron chi connectivity index (χ1n) is 7.89. The molecule has 0 saturated heterocycles. The van der Waals surface area contributed by atoms with Crippen molar-refractivity contribution in [2.75, 3.05) is 0 Å². The van der Waals surface area contributed by atoms with Gasteiger partial charge in [-0.15, -0.1) is 0 Å². The topological polar surface area (TPSA) is 78.0 Å². The number of fused-ring (bicyclic) bond motifs is 1. The second kappa shape index (κ2) is 7.57. The number of nitrogens with one attached hydrogen (secondary N) is 2. The molecule has 2 aromatic carbocycles. The number of rotatable bonds is 6. The molecule has 0 saturated carbocycles. The molecule has 3 N–H and O–H groups in total. The Labute approximate surface area is 140 Å². The summed E-state index contributed by atoms with van der Waals surface area (Å²) < 4.78 is 0. The Balaban J connectivity index is 1.53. The van der Waals surface area contributed by atoms with Gasteiger partial charge in [-0.2, -0.15) is 0 Å². The number of H-pyrrole nitrogens is 1. The normalized spacial score (nSPS) is 11.2. The van der Waals surface area contributed by atoms with Crippen molar-refractivity contribution in [2.24, 2.45) is 0 Å². The van der Waals surface area contributed by atoms with Gasteiger partial charge < -0.3 is 4.98 Å². The molecule has 24 heavy (non-hydrogen) atoms. The molecule has 1 amide bonds. The molecule has 0 aliphatic heterocycles. The Morgan fingerprint density at radius 3 is 2.67 bits per heavy atom. The maximum absolute atomic E-state index is 10.9. The van der Waals surface area contributed by atoms with Crippen LogP contribution in [0.1, 0.15) is 23.4 Å². The summed E-state index contributed by atoms with van der Waals surface area (Å²) in [5.74, 6) is 0.482. The van der Waals surface area contributed by atoms with Gasteiger partial charge in [0.1, 0.15) is 5.82 Å². The largest absolute Gasteiger partial charge is 0.342 e. The standard InChI is InChI=1S/C19H19N3O2/c23-19(22-24)13-12-15-10-8-14(9-11-15)4-3-7-18-20-16-5-1-2-6-17(16)21-18/h1-2,5-6,8-13,24H,3-4,7H2,(H,20,21)(H,22,23). The Morgan fingerprint density at radius 2 is 1.92 bits per heavy atom. The monoisotopic (exact) mass is 321 g/mol. The SMILES string of the molecule is O=C(C=Cc1ccc(CCCc2nc3ccccc3[nH]2)cc1)NO. The van der Waals surface area contributed by atoms with E-state index in [1.165, 1.54) is 11.6 Å². The zero-order chi connectivity index (χ0) is 16.8. The third-order valence-electron chi connectivity index (χ3n) is 3.83. The maximum Gasteiger partial charge on any atom is 0.267 e. The fraction of sp³-hybridized carbons (Fsp3) is 0.158. The van der Waals surface area contributed by atoms with Crippen molar-refractivity contribution in [2.45, 2.75) is 19.3 Å². The second-order valence-electron chi connectivity index (χ2n) is 5.61. The highest BCUT2D eigenvalue weighted by molar-refractivity contribution is 5.90. The molecule has 0 spiro atoms. The van der Waals surface area contributed by atoms with E-state index in [1.54, 1.807) is 11.6 Å². The number of aromatic nitrogens is 2. The number of imidazole rings is 1. The molecule has 0 atom stereocenters. The molecular weight excluding hydrogens is 302 g/mol. The molecule has 0 aliphatic carbocycles. The number of aryl methyl sites for hydroxylation is 2. The minimum atomic E-state index is -0.537. The van der Waals surface area contributed by atoms with E-state index in [4.69, 9.17) is 5.21 Å². The number of carbonyl (C=O) groups is 1. The molecule has 3 aromatic rings. The molecule has 0 fully saturated rings. The third kappa shape index (κ3) is 4.08. The van der Waals surface area contributed by atoms with Gasteiger partial charge in [-0.3, -0.25) is 10.0 Å². The van der Waals surface area contributed by atoms with Crippen molar-refractivity contribution < 1.29 is 10.0 Å². The molecular formula is C19H19N3O2. The van der Waals surface area contributed by atoms with Gasteiger partial charge in [-0.1, -0.05) is 36.4 Å². The van der Waals surface area contributed by atoms with Crippen LogP contribution in [0.3, 0.4) is 0 Å². The Bertz CT molecular complexity index is 817. The lowest BCUT2D eigenvalue weighted by Crippen LogP contribution is -2.14. The predicted molar refractivity (Wildman–Crippen MR) is 93.5 cm³/mol. The highest BCUT2D eigenvalue weighted by atomic mass is 16.5. The number of benzene rings is 2. The average molecular weight is 321 g/mol. The molecule has 0 radical (unpaired) electrons. The van der Waals surface area contributed by atoms with E-state index in [0.29, 0.717) is 0 Å². The average Bonchev–Trinajstić information content (AvgIpc) is 3.03. The van der Waals surface area contributed by atoms with Gasteiger partial charge in [0.25, 0.3) is 5.91 Å². The molecule has 3 rings (SSSR count). The van der Waals surface area contributed by atoms with Crippen LogP contribution in [0.2, 0.25) is 0 Å². The highest BCUT2D eigenvalue weighted by Gasteiger charge is 2.02. The van der Waals surface area contributed by atoms with Crippen molar-refractivity contribution in [1.82, 2.24) is 15.4 Å². The lowest BCUT2D eigenvalue weighted by atomic mass is 10.1. The first-order valence-corrected chi connectivity index (χ1v) is 7.89. The van der Waals surface area contributed by atoms with Crippen molar-refractivity contribution in [3.63, 3.8) is 0 Å². The molecule has 5 nitrogen and oxygen atoms in total. The number of hydrogen-bond donors (Lipinski definition) is 3. The zero-order valence-electron chi connectivity index (χ0n) is 13.2. The molecule has 0 unspecified atom stereocenters. The number of hydrogen-bond acceptors (Lipinski definition) is 3. The minimum Gasteiger partial charge on any atom is -0.342 e. The van der Waals surface area contributed by atoms with E-state index in [1.807, 2.05) is 36.4 Å². The minimum absolute atomic E-state index is 0.537. The first-order chi connectivity index (χ1) is 11.7. The number of amides is 1. The molecule has 1 heterocycles. The van der Waals surface area contributed by atoms with Crippen LogP contribution in [0.5, 0.6) is 0 Å². The van der Waals surface area contributed by atoms with Crippen LogP contribution in [-0.2, 0) is 17.6 Å². The van der Waals surface area contributed by atoms with Crippen LogP contribution in [0.4, 0.5) is 0 Å². The highest BCUT2D eigenvalue weighted by Crippen LogP contribution is 2.13. The summed E-state index contributed by atoms with van der Waals surface area (Å²) in [6, 6.07) is 16.1. The van der Waals surface area contributed by atoms with Crippen LogP contribution >= 0.6 is 0 Å². The lowest BCUT2D eigenvalue weighted by Gasteiger charge is -2.01. The van der Waals surface area contributed by atoms with E-state index < -0.39 is 5.91 Å². The van der Waals surface area contributed by atoms with Crippen molar-refractivity contribution in [3.05, 3.63) is 71.6 Å². The maximum atomic E-state index is 10.9. The summed E-state index contributed by atoms with van der Waals surface area (Å²) in [6.45, 7) is 0. The summed E-state index contributed by atoms with van der Waals surface area (Å²) in [4.78, 5) is 18.9. The Hall–Kier alpha value is -2.92. The fourth-order valence-electron chi connectivity index (χ4n) is 2.59. The number of para-hydroxylation sites is 2. The van der Waals surface area contributed by atoms with Crippen molar-refractivity contribution >= 4 is 23.0 Å². The van der Waals surface area contributed by atoms with Crippen molar-refractivity contribution in [3.8, 4) is 0 Å². The van der Waals surface area contributed by atoms with Crippen LogP contribution < -0.4 is 5.48 Å². The Kier molecular flexibility index (Phi) is 5.03. The van der Waals surface area contributed by atoms with Gasteiger partial charge in [0.15, 0.2) is 0 Å². The summed E-state index contributed by atoms with van der Waals surface area (Å²) in [5.41, 5.74) is 5.82. The van der Waals surface area contributed by atoms with E-state index in [-0.39, 0.29) is 0 Å². The Morgan fingerprint density at radius 1 is 1.12 bits per heavy atom. The zero-order valence-corrected chi connectivity index (χ0v) is 13.2. The second-order valence-corrected chi connectivity index (χ2v) is 5.61. The van der Waals surface area contributed by atoms with Gasteiger partial charge in [0, 0.05) is 12.5 Å². The van der Waals surface area contributed by atoms with E-state index in [9.17, 15) is 4.79 Å². The molecule has 122 valence electrons. The third-order valence-corrected chi connectivity index (χ3v) is 3.83. The number of hydroxylamine groups is 1. The van der Waals surface area contributed by atoms with Gasteiger partial charge >= 0.3 is 0 Å². The van der Waals surface area contributed by atoms with Crippen molar-refractivity contribution in [1.29, 1.82) is 0 Å². The van der Waals surface area contributed by atoms with Crippen LogP contribution in [0, 0.1) is 0 Å². The quantitative estimate of drug-likeness (QED) is 0.370. The van der Waals surface area contributed by atoms with Crippen LogP contribution in [0.25, 0.3) is 17.1 Å². The van der Waals surface area contributed by atoms with Crippen LogP contribution in [-0.4, -0.2) is 21.1 Å². The summed E-state index contributed by atoms with van der Waals surface area (Å²) >= 11 is 0. The molecule has 0 aliphatic rings. The van der Waals surface area contributed by atoms with Crippen LogP contribution in [0.15, 0.2) is 54.6 Å². The first kappa shape index (κ1) is 16.0. The number of carbonyl (C=O) groups excluding carboxylic acids is 1. The predicted octanol–water partition coefficient (Wildman–Crippen LogP) is 3.26. The van der Waals surface area contributed by atoms with Gasteiger partial charge in [-0.05, 0) is 42.2 Å². The van der Waals surface area contributed by atoms with Gasteiger partial charge in [-0.25, -0.2) is 10.5 Å². The summed E-state index contributed by atoms with van der Waals surface area (Å²) in [6.07, 6.45) is 5.84. The van der Waals surface area contributed by atoms with Gasteiger partial charge in [0.05, 0.1) is 11.0 Å². The smallest absolute Gasteiger partial charge is 0.267 e.